The summed E-state index contributed by atoms with van der Waals surface area (Å²) in [6.45, 7) is 2.02. The van der Waals surface area contributed by atoms with E-state index in [-0.39, 0.29) is 23.4 Å². The van der Waals surface area contributed by atoms with Crippen molar-refractivity contribution in [1.29, 1.82) is 0 Å². The maximum absolute atomic E-state index is 12.4. The zero-order chi connectivity index (χ0) is 17.2. The van der Waals surface area contributed by atoms with Crippen molar-refractivity contribution in [3.8, 4) is 0 Å². The molecule has 3 rings (SSSR count). The van der Waals surface area contributed by atoms with Gasteiger partial charge in [0.2, 0.25) is 5.91 Å². The quantitative estimate of drug-likeness (QED) is 0.774. The number of carbonyl (C=O) groups excluding carboxylic acids is 2. The Labute approximate surface area is 142 Å². The number of ether oxygens (including phenoxy) is 1. The van der Waals surface area contributed by atoms with Gasteiger partial charge in [-0.25, -0.2) is 0 Å². The summed E-state index contributed by atoms with van der Waals surface area (Å²) in [5.41, 5.74) is 0.542. The van der Waals surface area contributed by atoms with E-state index in [2.05, 4.69) is 4.98 Å². The Bertz CT molecular complexity index is 595. The van der Waals surface area contributed by atoms with Crippen LogP contribution >= 0.6 is 0 Å². The molecular formula is C18H25N3O3. The summed E-state index contributed by atoms with van der Waals surface area (Å²) in [6.07, 6.45) is 5.95. The smallest absolute Gasteiger partial charge is 0.312 e. The van der Waals surface area contributed by atoms with Crippen LogP contribution < -0.4 is 0 Å². The van der Waals surface area contributed by atoms with Gasteiger partial charge in [0.25, 0.3) is 0 Å². The van der Waals surface area contributed by atoms with Crippen molar-refractivity contribution in [2.45, 2.75) is 31.8 Å². The van der Waals surface area contributed by atoms with Crippen LogP contribution in [0.4, 0.5) is 0 Å². The molecule has 1 unspecified atom stereocenters. The van der Waals surface area contributed by atoms with Crippen LogP contribution in [-0.4, -0.2) is 66.5 Å². The fourth-order valence-corrected chi connectivity index (χ4v) is 3.73. The third-order valence-corrected chi connectivity index (χ3v) is 5.05. The van der Waals surface area contributed by atoms with Crippen LogP contribution in [0.25, 0.3) is 0 Å². The number of hydrogen-bond acceptors (Lipinski definition) is 5. The van der Waals surface area contributed by atoms with E-state index in [1.807, 2.05) is 36.0 Å². The minimum absolute atomic E-state index is 0.0230. The van der Waals surface area contributed by atoms with Crippen molar-refractivity contribution in [1.82, 2.24) is 14.8 Å². The average Bonchev–Trinajstić information content (AvgIpc) is 2.83. The van der Waals surface area contributed by atoms with Gasteiger partial charge >= 0.3 is 5.97 Å². The lowest BCUT2D eigenvalue weighted by molar-refractivity contribution is -0.152. The van der Waals surface area contributed by atoms with Crippen molar-refractivity contribution in [3.63, 3.8) is 0 Å². The molecule has 3 heterocycles. The molecule has 0 bridgehead atoms. The highest BCUT2D eigenvalue weighted by atomic mass is 16.6. The maximum Gasteiger partial charge on any atom is 0.312 e. The maximum atomic E-state index is 12.4. The van der Waals surface area contributed by atoms with Gasteiger partial charge in [-0.3, -0.25) is 14.6 Å². The number of hydrogen-bond donors (Lipinski definition) is 0. The predicted octanol–water partition coefficient (Wildman–Crippen LogP) is 1.11. The topological polar surface area (TPSA) is 62.7 Å². The molecule has 2 aliphatic rings. The zero-order valence-electron chi connectivity index (χ0n) is 14.4. The number of piperidine rings is 1. The van der Waals surface area contributed by atoms with Crippen LogP contribution in [0.5, 0.6) is 0 Å². The molecule has 1 spiro atoms. The molecule has 1 aromatic heterocycles. The third kappa shape index (κ3) is 3.59. The van der Waals surface area contributed by atoms with Gasteiger partial charge in [-0.15, -0.1) is 0 Å². The highest BCUT2D eigenvalue weighted by Gasteiger charge is 2.50. The first-order valence-electron chi connectivity index (χ1n) is 8.51. The van der Waals surface area contributed by atoms with Crippen LogP contribution in [0.2, 0.25) is 0 Å². The van der Waals surface area contributed by atoms with Gasteiger partial charge in [0, 0.05) is 38.4 Å². The van der Waals surface area contributed by atoms with Gasteiger partial charge in [-0.2, -0.15) is 0 Å². The average molecular weight is 331 g/mol. The summed E-state index contributed by atoms with van der Waals surface area (Å²) >= 11 is 0. The van der Waals surface area contributed by atoms with E-state index in [1.165, 1.54) is 0 Å². The second kappa shape index (κ2) is 6.89. The summed E-state index contributed by atoms with van der Waals surface area (Å²) in [5, 5.41) is 0. The molecule has 2 fully saturated rings. The molecule has 130 valence electrons. The van der Waals surface area contributed by atoms with Crippen LogP contribution in [0.15, 0.2) is 24.5 Å². The molecule has 2 saturated heterocycles. The molecule has 0 saturated carbocycles. The van der Waals surface area contributed by atoms with E-state index in [4.69, 9.17) is 4.74 Å². The van der Waals surface area contributed by atoms with Crippen molar-refractivity contribution in [3.05, 3.63) is 30.1 Å². The molecule has 0 N–H and O–H groups in total. The second-order valence-electron chi connectivity index (χ2n) is 7.19. The van der Waals surface area contributed by atoms with Crippen molar-refractivity contribution >= 4 is 11.9 Å². The van der Waals surface area contributed by atoms with E-state index in [0.29, 0.717) is 32.4 Å². The van der Waals surface area contributed by atoms with E-state index < -0.39 is 0 Å². The molecule has 2 aliphatic heterocycles. The molecule has 0 radical (unpaired) electrons. The fraction of sp³-hybridized carbons (Fsp3) is 0.611. The van der Waals surface area contributed by atoms with Crippen LogP contribution in [0.1, 0.15) is 24.8 Å². The highest BCUT2D eigenvalue weighted by molar-refractivity contribution is 5.81. The van der Waals surface area contributed by atoms with Crippen molar-refractivity contribution in [2.24, 2.45) is 5.41 Å². The van der Waals surface area contributed by atoms with Crippen molar-refractivity contribution in [2.75, 3.05) is 33.7 Å². The Hall–Kier alpha value is -1.95. The largest absolute Gasteiger partial charge is 0.461 e. The number of esters is 1. The Morgan fingerprint density at radius 1 is 1.42 bits per heavy atom. The third-order valence-electron chi connectivity index (χ3n) is 5.05. The molecule has 1 amide bonds. The lowest BCUT2D eigenvalue weighted by Gasteiger charge is -2.36. The van der Waals surface area contributed by atoms with Gasteiger partial charge in [0.15, 0.2) is 0 Å². The molecule has 0 aromatic carbocycles. The van der Waals surface area contributed by atoms with Gasteiger partial charge in [0.05, 0.1) is 11.8 Å². The number of aromatic nitrogens is 1. The summed E-state index contributed by atoms with van der Waals surface area (Å²) in [6, 6.07) is 3.75. The monoisotopic (exact) mass is 331 g/mol. The van der Waals surface area contributed by atoms with E-state index >= 15 is 0 Å². The standard InChI is InChI=1S/C18H25N3O3/c1-20(2)13-15-11-18(17(23)24-15)5-8-21(9-6-18)16(22)10-14-4-3-7-19-12-14/h3-4,7,12,15H,5-6,8-11,13H2,1-2H3. The normalized spacial score (nSPS) is 22.9. The molecule has 6 nitrogen and oxygen atoms in total. The lowest BCUT2D eigenvalue weighted by Crippen LogP contribution is -2.45. The second-order valence-corrected chi connectivity index (χ2v) is 7.19. The van der Waals surface area contributed by atoms with Gasteiger partial charge in [-0.1, -0.05) is 6.07 Å². The van der Waals surface area contributed by atoms with E-state index in [0.717, 1.165) is 18.5 Å². The minimum Gasteiger partial charge on any atom is -0.461 e. The van der Waals surface area contributed by atoms with E-state index in [9.17, 15) is 9.59 Å². The number of amides is 1. The Kier molecular flexibility index (Phi) is 4.85. The SMILES string of the molecule is CN(C)CC1CC2(CCN(C(=O)Cc3cccnc3)CC2)C(=O)O1. The number of nitrogens with zero attached hydrogens (tertiary/aromatic N) is 3. The summed E-state index contributed by atoms with van der Waals surface area (Å²) in [5.74, 6) is 0.0303. The van der Waals surface area contributed by atoms with E-state index in [1.54, 1.807) is 12.4 Å². The summed E-state index contributed by atoms with van der Waals surface area (Å²) in [7, 11) is 3.97. The Balaban J connectivity index is 1.55. The molecule has 0 aliphatic carbocycles. The van der Waals surface area contributed by atoms with Gasteiger partial charge < -0.3 is 14.5 Å². The minimum atomic E-state index is -0.383. The first-order chi connectivity index (χ1) is 11.5. The number of carbonyl (C=O) groups is 2. The summed E-state index contributed by atoms with van der Waals surface area (Å²) in [4.78, 5) is 32.8. The summed E-state index contributed by atoms with van der Waals surface area (Å²) < 4.78 is 5.56. The zero-order valence-corrected chi connectivity index (χ0v) is 14.4. The number of pyridine rings is 1. The molecule has 6 heteroatoms. The molecular weight excluding hydrogens is 306 g/mol. The molecule has 24 heavy (non-hydrogen) atoms. The van der Waals surface area contributed by atoms with Crippen LogP contribution in [-0.2, 0) is 20.7 Å². The van der Waals surface area contributed by atoms with Gasteiger partial charge in [0.1, 0.15) is 6.10 Å². The number of rotatable bonds is 4. The van der Waals surface area contributed by atoms with Crippen LogP contribution in [0.3, 0.4) is 0 Å². The highest BCUT2D eigenvalue weighted by Crippen LogP contribution is 2.43. The number of likely N-dealkylation sites (tertiary alicyclic amines) is 1. The number of cyclic esters (lactones) is 1. The molecule has 1 atom stereocenters. The number of likely N-dealkylation sites (N-methyl/N-ethyl adjacent to an activating group) is 1. The van der Waals surface area contributed by atoms with Crippen LogP contribution in [0, 0.1) is 5.41 Å². The fourth-order valence-electron chi connectivity index (χ4n) is 3.73. The molecule has 1 aromatic rings. The lowest BCUT2D eigenvalue weighted by atomic mass is 9.76. The predicted molar refractivity (Wildman–Crippen MR) is 89.2 cm³/mol. The first kappa shape index (κ1) is 16.9. The Morgan fingerprint density at radius 3 is 2.79 bits per heavy atom. The first-order valence-corrected chi connectivity index (χ1v) is 8.51. The Morgan fingerprint density at radius 2 is 2.17 bits per heavy atom. The van der Waals surface area contributed by atoms with Crippen molar-refractivity contribution < 1.29 is 14.3 Å². The van der Waals surface area contributed by atoms with Gasteiger partial charge in [-0.05, 0) is 38.6 Å².